The molecule has 0 spiro atoms. The lowest BCUT2D eigenvalue weighted by atomic mass is 10.0. The van der Waals surface area contributed by atoms with Gasteiger partial charge in [0, 0.05) is 30.3 Å². The van der Waals surface area contributed by atoms with Crippen molar-refractivity contribution < 1.29 is 37.1 Å². The molecule has 6 rings (SSSR count). The number of ether oxygens (including phenoxy) is 2. The Labute approximate surface area is 297 Å². The molecule has 3 aromatic rings. The Hall–Kier alpha value is -5.24. The van der Waals surface area contributed by atoms with Crippen LogP contribution < -0.4 is 24.8 Å². The number of pyridine rings is 1. The highest BCUT2D eigenvalue weighted by atomic mass is 32.2. The second-order valence-corrected chi connectivity index (χ2v) is 14.8. The van der Waals surface area contributed by atoms with E-state index in [2.05, 4.69) is 33.5 Å². The molecule has 0 unspecified atom stereocenters. The number of aromatic nitrogens is 1. The second kappa shape index (κ2) is 14.9. The first-order valence-electron chi connectivity index (χ1n) is 16.4. The number of sulfonamides is 1. The summed E-state index contributed by atoms with van der Waals surface area (Å²) in [6.07, 6.45) is 4.64. The van der Waals surface area contributed by atoms with E-state index in [0.717, 1.165) is 17.0 Å². The van der Waals surface area contributed by atoms with E-state index in [1.54, 1.807) is 25.4 Å². The minimum absolute atomic E-state index is 0. The molecule has 0 bridgehead atoms. The maximum absolute atomic E-state index is 14.3. The van der Waals surface area contributed by atoms with Crippen molar-refractivity contribution in [1.82, 2.24) is 25.2 Å². The largest absolute Gasteiger partial charge is 0.497 e. The van der Waals surface area contributed by atoms with Crippen LogP contribution in [0.25, 0.3) is 10.8 Å². The minimum Gasteiger partial charge on any atom is -0.497 e. The maximum Gasteiger partial charge on any atom is 0.259 e. The molecule has 4 amide bonds. The molecule has 3 fully saturated rings. The highest BCUT2D eigenvalue weighted by Gasteiger charge is 2.62. The number of hydrogen-bond donors (Lipinski definition) is 3. The first-order chi connectivity index (χ1) is 24.0. The summed E-state index contributed by atoms with van der Waals surface area (Å²) in [5.41, 5.74) is -0.775. The lowest BCUT2D eigenvalue weighted by Crippen LogP contribution is -2.58. The standard InChI is InChI=1S/C36H39N5O8S.CH4/c1-4-24-20-36(24,35(45)40-50(46,47)27-12-13-27)39-32(43)30-19-26(49-33-28-14-11-25(48-3)18-23(28)15-16-37-33)21-41(30)34(44)29(38-31(42)5-2)17-22-9-7-6-8-10-22;/h4-11,14-16,18,24,26-27,29-30H,1-2,12-13,17,19-21H2,3H3,(H,38,42)(H,39,43)(H,40,45);1H4/t24-,26-,29-,30+,36-;/m1./s1. The van der Waals surface area contributed by atoms with Gasteiger partial charge in [0.15, 0.2) is 0 Å². The van der Waals surface area contributed by atoms with Gasteiger partial charge in [0.05, 0.1) is 18.9 Å². The fourth-order valence-corrected chi connectivity index (χ4v) is 7.75. The number of hydrogen-bond acceptors (Lipinski definition) is 9. The fourth-order valence-electron chi connectivity index (χ4n) is 6.38. The van der Waals surface area contributed by atoms with E-state index in [9.17, 15) is 27.6 Å². The topological polar surface area (TPSA) is 173 Å². The summed E-state index contributed by atoms with van der Waals surface area (Å²) in [5.74, 6) is -2.21. The van der Waals surface area contributed by atoms with E-state index in [1.807, 2.05) is 42.5 Å². The van der Waals surface area contributed by atoms with Gasteiger partial charge in [0.2, 0.25) is 33.6 Å². The lowest BCUT2D eigenvalue weighted by Gasteiger charge is -2.29. The van der Waals surface area contributed by atoms with Crippen LogP contribution in [0.15, 0.2) is 86.1 Å². The highest BCUT2D eigenvalue weighted by molar-refractivity contribution is 7.91. The third kappa shape index (κ3) is 7.90. The third-order valence-corrected chi connectivity index (χ3v) is 11.2. The van der Waals surface area contributed by atoms with Crippen LogP contribution in [0.2, 0.25) is 0 Å². The number of carbonyl (C=O) groups excluding carboxylic acids is 4. The molecular weight excluding hydrogens is 675 g/mol. The number of benzene rings is 2. The van der Waals surface area contributed by atoms with E-state index in [1.165, 1.54) is 11.0 Å². The van der Waals surface area contributed by atoms with Crippen molar-refractivity contribution >= 4 is 44.4 Å². The Bertz CT molecular complexity index is 1950. The van der Waals surface area contributed by atoms with Crippen LogP contribution in [-0.4, -0.2) is 84.6 Å². The molecule has 1 aliphatic heterocycles. The van der Waals surface area contributed by atoms with Crippen LogP contribution in [0.3, 0.4) is 0 Å². The van der Waals surface area contributed by atoms with Crippen molar-refractivity contribution in [3.8, 4) is 11.6 Å². The molecule has 2 aromatic carbocycles. The van der Waals surface area contributed by atoms with Gasteiger partial charge in [0.1, 0.15) is 29.5 Å². The van der Waals surface area contributed by atoms with Crippen molar-refractivity contribution in [2.24, 2.45) is 5.92 Å². The first kappa shape index (κ1) is 37.0. The Morgan fingerprint density at radius 3 is 2.49 bits per heavy atom. The summed E-state index contributed by atoms with van der Waals surface area (Å²) in [6, 6.07) is 14.1. The summed E-state index contributed by atoms with van der Waals surface area (Å²) in [6.45, 7) is 7.23. The molecule has 2 heterocycles. The van der Waals surface area contributed by atoms with Gasteiger partial charge in [-0.25, -0.2) is 13.4 Å². The smallest absolute Gasteiger partial charge is 0.259 e. The van der Waals surface area contributed by atoms with Crippen molar-refractivity contribution in [1.29, 1.82) is 0 Å². The molecule has 1 saturated heterocycles. The number of rotatable bonds is 14. The molecule has 5 atom stereocenters. The average molecular weight is 718 g/mol. The molecule has 3 aliphatic rings. The van der Waals surface area contributed by atoms with Crippen molar-refractivity contribution in [3.63, 3.8) is 0 Å². The van der Waals surface area contributed by atoms with Gasteiger partial charge < -0.3 is 25.0 Å². The molecule has 2 saturated carbocycles. The normalized spacial score (nSPS) is 22.8. The third-order valence-electron chi connectivity index (χ3n) is 9.39. The Morgan fingerprint density at radius 1 is 1.10 bits per heavy atom. The molecule has 270 valence electrons. The van der Waals surface area contributed by atoms with E-state index in [-0.39, 0.29) is 33.2 Å². The van der Waals surface area contributed by atoms with Crippen molar-refractivity contribution in [2.45, 2.75) is 68.5 Å². The fraction of sp³-hybridized carbons (Fsp3) is 0.378. The SMILES string of the molecule is C.C=CC(=O)N[C@H](Cc1ccccc1)C(=O)N1C[C@H](Oc2nccc3cc(OC)ccc23)C[C@H]1C(=O)N[C@]1(C(=O)NS(=O)(=O)C2CC2)C[C@H]1C=C. The molecule has 3 N–H and O–H groups in total. The van der Waals surface area contributed by atoms with Crippen LogP contribution in [0.4, 0.5) is 0 Å². The number of nitrogens with zero attached hydrogens (tertiary/aromatic N) is 2. The Kier molecular flexibility index (Phi) is 10.8. The predicted molar refractivity (Wildman–Crippen MR) is 191 cm³/mol. The van der Waals surface area contributed by atoms with Crippen LogP contribution in [0.5, 0.6) is 11.6 Å². The van der Waals surface area contributed by atoms with Gasteiger partial charge in [-0.3, -0.25) is 23.9 Å². The van der Waals surface area contributed by atoms with Crippen LogP contribution in [0, 0.1) is 5.92 Å². The van der Waals surface area contributed by atoms with Crippen molar-refractivity contribution in [3.05, 3.63) is 91.7 Å². The molecule has 2 aliphatic carbocycles. The molecule has 51 heavy (non-hydrogen) atoms. The van der Waals surface area contributed by atoms with Gasteiger partial charge in [-0.2, -0.15) is 0 Å². The van der Waals surface area contributed by atoms with Crippen LogP contribution in [-0.2, 0) is 35.6 Å². The van der Waals surface area contributed by atoms with E-state index < -0.39 is 68.5 Å². The van der Waals surface area contributed by atoms with Crippen molar-refractivity contribution in [2.75, 3.05) is 13.7 Å². The number of fused-ring (bicyclic) bond motifs is 1. The summed E-state index contributed by atoms with van der Waals surface area (Å²) in [4.78, 5) is 60.2. The Morgan fingerprint density at radius 2 is 1.84 bits per heavy atom. The zero-order valence-electron chi connectivity index (χ0n) is 27.5. The first-order valence-corrected chi connectivity index (χ1v) is 17.9. The van der Waals surface area contributed by atoms with E-state index in [0.29, 0.717) is 29.9 Å². The van der Waals surface area contributed by atoms with Gasteiger partial charge in [-0.05, 0) is 60.6 Å². The van der Waals surface area contributed by atoms with Crippen LogP contribution >= 0.6 is 0 Å². The number of carbonyl (C=O) groups is 4. The average Bonchev–Trinajstić information content (AvgIpc) is 4.04. The predicted octanol–water partition coefficient (Wildman–Crippen LogP) is 2.81. The summed E-state index contributed by atoms with van der Waals surface area (Å²) >= 11 is 0. The molecule has 14 heteroatoms. The highest BCUT2D eigenvalue weighted by Crippen LogP contribution is 2.45. The summed E-state index contributed by atoms with van der Waals surface area (Å²) < 4.78 is 39.1. The van der Waals surface area contributed by atoms with Gasteiger partial charge >= 0.3 is 0 Å². The molecular formula is C37H43N5O8S. The number of likely N-dealkylation sites (tertiary alicyclic amines) is 1. The lowest BCUT2D eigenvalue weighted by molar-refractivity contribution is -0.142. The number of methoxy groups -OCH3 is 1. The summed E-state index contributed by atoms with van der Waals surface area (Å²) in [5, 5.41) is 6.33. The van der Waals surface area contributed by atoms with Gasteiger partial charge in [0.25, 0.3) is 5.91 Å². The summed E-state index contributed by atoms with van der Waals surface area (Å²) in [7, 11) is -2.33. The molecule has 1 aromatic heterocycles. The monoisotopic (exact) mass is 717 g/mol. The minimum atomic E-state index is -3.89. The Balaban J connectivity index is 0.00000504. The quantitative estimate of drug-likeness (QED) is 0.168. The molecule has 0 radical (unpaired) electrons. The molecule has 13 nitrogen and oxygen atoms in total. The van der Waals surface area contributed by atoms with Crippen LogP contribution in [0.1, 0.15) is 38.7 Å². The second-order valence-electron chi connectivity index (χ2n) is 12.8. The van der Waals surface area contributed by atoms with Gasteiger partial charge in [-0.15, -0.1) is 6.58 Å². The van der Waals surface area contributed by atoms with Gasteiger partial charge in [-0.1, -0.05) is 50.4 Å². The maximum atomic E-state index is 14.3. The zero-order valence-corrected chi connectivity index (χ0v) is 28.4. The zero-order chi connectivity index (χ0) is 35.6. The number of nitrogens with one attached hydrogen (secondary N) is 3. The van der Waals surface area contributed by atoms with E-state index >= 15 is 0 Å². The van der Waals surface area contributed by atoms with E-state index in [4.69, 9.17) is 9.47 Å². The number of amides is 4.